The van der Waals surface area contributed by atoms with Crippen molar-refractivity contribution in [3.63, 3.8) is 0 Å². The molecule has 0 aromatic heterocycles. The van der Waals surface area contributed by atoms with Crippen molar-refractivity contribution < 1.29 is 0 Å². The van der Waals surface area contributed by atoms with Gasteiger partial charge in [-0.1, -0.05) is 40.5 Å². The summed E-state index contributed by atoms with van der Waals surface area (Å²) in [6.45, 7) is 13.5. The molecule has 1 aliphatic rings. The van der Waals surface area contributed by atoms with Crippen LogP contribution in [-0.4, -0.2) is 5.71 Å². The Morgan fingerprint density at radius 3 is 1.88 bits per heavy atom. The van der Waals surface area contributed by atoms with E-state index >= 15 is 0 Å². The monoisotopic (exact) mass is 235 g/mol. The molecule has 0 radical (unpaired) electrons. The molecule has 0 N–H and O–H groups in total. The van der Waals surface area contributed by atoms with Gasteiger partial charge in [0.1, 0.15) is 0 Å². The van der Waals surface area contributed by atoms with Crippen molar-refractivity contribution in [1.29, 1.82) is 0 Å². The normalized spacial score (nSPS) is 20.4. The first-order valence-corrected chi connectivity index (χ1v) is 7.19. The van der Waals surface area contributed by atoms with Gasteiger partial charge in [-0.05, 0) is 50.0 Å². The fraction of sp³-hybridized carbons (Fsp3) is 0.812. The summed E-state index contributed by atoms with van der Waals surface area (Å²) in [6, 6.07) is 0. The first-order valence-electron chi connectivity index (χ1n) is 7.19. The Hall–Kier alpha value is -0.590. The largest absolute Gasteiger partial charge is 0.262 e. The maximum atomic E-state index is 4.98. The molecule has 1 aliphatic carbocycles. The summed E-state index contributed by atoms with van der Waals surface area (Å²) in [6.07, 6.45) is 5.48. The second kappa shape index (κ2) is 6.37. The first-order chi connectivity index (χ1) is 7.93. The van der Waals surface area contributed by atoms with E-state index in [1.807, 2.05) is 0 Å². The molecule has 17 heavy (non-hydrogen) atoms. The molecule has 0 heterocycles. The summed E-state index contributed by atoms with van der Waals surface area (Å²) in [7, 11) is 0. The van der Waals surface area contributed by atoms with Crippen LogP contribution in [0.2, 0.25) is 0 Å². The Kier molecular flexibility index (Phi) is 5.42. The van der Waals surface area contributed by atoms with Gasteiger partial charge >= 0.3 is 0 Å². The highest BCUT2D eigenvalue weighted by atomic mass is 14.8. The van der Waals surface area contributed by atoms with Crippen LogP contribution in [0.25, 0.3) is 0 Å². The topological polar surface area (TPSA) is 12.4 Å². The van der Waals surface area contributed by atoms with Crippen molar-refractivity contribution in [2.45, 2.75) is 67.2 Å². The lowest BCUT2D eigenvalue weighted by molar-refractivity contribution is 0.673. The van der Waals surface area contributed by atoms with E-state index in [0.29, 0.717) is 11.8 Å². The van der Waals surface area contributed by atoms with Crippen LogP contribution in [0.4, 0.5) is 0 Å². The number of allylic oxidation sites excluding steroid dienone is 2. The summed E-state index contributed by atoms with van der Waals surface area (Å²) in [5, 5.41) is 0. The van der Waals surface area contributed by atoms with Crippen LogP contribution < -0.4 is 0 Å². The third kappa shape index (κ3) is 3.97. The predicted molar refractivity (Wildman–Crippen MR) is 77.4 cm³/mol. The van der Waals surface area contributed by atoms with Gasteiger partial charge in [-0.3, -0.25) is 4.99 Å². The highest BCUT2D eigenvalue weighted by molar-refractivity contribution is 5.85. The average Bonchev–Trinajstić information content (AvgIpc) is 2.77. The lowest BCUT2D eigenvalue weighted by atomic mass is 9.96. The van der Waals surface area contributed by atoms with Gasteiger partial charge in [0.25, 0.3) is 0 Å². The van der Waals surface area contributed by atoms with Gasteiger partial charge in [0.2, 0.25) is 0 Å². The maximum absolute atomic E-state index is 4.98. The highest BCUT2D eigenvalue weighted by Gasteiger charge is 2.19. The van der Waals surface area contributed by atoms with Crippen LogP contribution in [0.3, 0.4) is 0 Å². The lowest BCUT2D eigenvalue weighted by Crippen LogP contribution is -2.09. The zero-order valence-electron chi connectivity index (χ0n) is 12.5. The van der Waals surface area contributed by atoms with Crippen molar-refractivity contribution in [2.75, 3.05) is 0 Å². The van der Waals surface area contributed by atoms with Gasteiger partial charge in [0, 0.05) is 11.4 Å². The number of rotatable bonds is 4. The number of hydrogen-bond donors (Lipinski definition) is 0. The molecular weight excluding hydrogens is 206 g/mol. The van der Waals surface area contributed by atoms with E-state index in [1.54, 1.807) is 0 Å². The van der Waals surface area contributed by atoms with Crippen LogP contribution in [-0.2, 0) is 0 Å². The molecule has 0 aromatic carbocycles. The third-order valence-electron chi connectivity index (χ3n) is 4.06. The molecule has 0 spiro atoms. The summed E-state index contributed by atoms with van der Waals surface area (Å²) in [5.41, 5.74) is 4.15. The molecule has 1 saturated carbocycles. The molecule has 0 atom stereocenters. The molecule has 0 amide bonds. The minimum Gasteiger partial charge on any atom is -0.262 e. The van der Waals surface area contributed by atoms with Gasteiger partial charge in [0.05, 0.1) is 0 Å². The predicted octanol–water partition coefficient (Wildman–Crippen LogP) is 5.22. The summed E-state index contributed by atoms with van der Waals surface area (Å²) >= 11 is 0. The second-order valence-electron chi connectivity index (χ2n) is 6.11. The van der Waals surface area contributed by atoms with Crippen LogP contribution in [0, 0.1) is 17.8 Å². The van der Waals surface area contributed by atoms with Gasteiger partial charge in [-0.25, -0.2) is 0 Å². The van der Waals surface area contributed by atoms with Crippen LogP contribution in [0.5, 0.6) is 0 Å². The summed E-state index contributed by atoms with van der Waals surface area (Å²) < 4.78 is 0. The van der Waals surface area contributed by atoms with E-state index in [4.69, 9.17) is 4.99 Å². The molecular formula is C16H29N. The fourth-order valence-electron chi connectivity index (χ4n) is 2.59. The molecule has 98 valence electrons. The quantitative estimate of drug-likeness (QED) is 0.592. The maximum Gasteiger partial charge on any atom is 0.0420 e. The van der Waals surface area contributed by atoms with Crippen molar-refractivity contribution in [3.8, 4) is 0 Å². The van der Waals surface area contributed by atoms with Crippen molar-refractivity contribution in [3.05, 3.63) is 11.3 Å². The van der Waals surface area contributed by atoms with E-state index < -0.39 is 0 Å². The van der Waals surface area contributed by atoms with Gasteiger partial charge in [-0.2, -0.15) is 0 Å². The Balaban J connectivity index is 2.93. The first kappa shape index (κ1) is 14.5. The Morgan fingerprint density at radius 1 is 0.941 bits per heavy atom. The standard InChI is InChI=1S/C16H29N/c1-11(2)13(5)16(12(3)4)17-14(6)15-9-7-8-10-15/h11-12,15H,7-10H2,1-6H3/b16-13+,17-14?. The zero-order chi connectivity index (χ0) is 13.0. The van der Waals surface area contributed by atoms with Crippen LogP contribution >= 0.6 is 0 Å². The Labute approximate surface area is 107 Å². The second-order valence-corrected chi connectivity index (χ2v) is 6.11. The third-order valence-corrected chi connectivity index (χ3v) is 4.06. The minimum absolute atomic E-state index is 0.536. The van der Waals surface area contributed by atoms with Gasteiger partial charge < -0.3 is 0 Å². The van der Waals surface area contributed by atoms with Crippen LogP contribution in [0.1, 0.15) is 67.2 Å². The number of nitrogens with zero attached hydrogens (tertiary/aromatic N) is 1. The van der Waals surface area contributed by atoms with E-state index in [2.05, 4.69) is 41.5 Å². The molecule has 0 unspecified atom stereocenters. The molecule has 0 aromatic rings. The highest BCUT2D eigenvalue weighted by Crippen LogP contribution is 2.28. The lowest BCUT2D eigenvalue weighted by Gasteiger charge is -2.17. The SMILES string of the molecule is CC(=N/C(=C(\C)C(C)C)C(C)C)C1CCCC1. The Morgan fingerprint density at radius 2 is 1.47 bits per heavy atom. The summed E-state index contributed by atoms with van der Waals surface area (Å²) in [5.74, 6) is 1.89. The molecule has 0 bridgehead atoms. The van der Waals surface area contributed by atoms with E-state index in [1.165, 1.54) is 42.7 Å². The average molecular weight is 235 g/mol. The molecule has 1 heteroatoms. The zero-order valence-corrected chi connectivity index (χ0v) is 12.5. The minimum atomic E-state index is 0.536. The van der Waals surface area contributed by atoms with Crippen molar-refractivity contribution in [2.24, 2.45) is 22.7 Å². The molecule has 1 fully saturated rings. The number of aliphatic imine (C=N–C) groups is 1. The van der Waals surface area contributed by atoms with Gasteiger partial charge in [-0.15, -0.1) is 0 Å². The van der Waals surface area contributed by atoms with E-state index in [-0.39, 0.29) is 0 Å². The van der Waals surface area contributed by atoms with E-state index in [9.17, 15) is 0 Å². The van der Waals surface area contributed by atoms with E-state index in [0.717, 1.165) is 5.92 Å². The smallest absolute Gasteiger partial charge is 0.0420 e. The van der Waals surface area contributed by atoms with Gasteiger partial charge in [0.15, 0.2) is 0 Å². The fourth-order valence-corrected chi connectivity index (χ4v) is 2.59. The molecule has 0 aliphatic heterocycles. The molecule has 1 rings (SSSR count). The molecule has 0 saturated heterocycles. The van der Waals surface area contributed by atoms with Crippen molar-refractivity contribution in [1.82, 2.24) is 0 Å². The van der Waals surface area contributed by atoms with Crippen LogP contribution in [0.15, 0.2) is 16.3 Å². The summed E-state index contributed by atoms with van der Waals surface area (Å²) in [4.78, 5) is 4.98. The Bertz CT molecular complexity index is 301. The molecule has 1 nitrogen and oxygen atoms in total. The van der Waals surface area contributed by atoms with Crippen molar-refractivity contribution >= 4 is 5.71 Å². The number of hydrogen-bond acceptors (Lipinski definition) is 1.